The quantitative estimate of drug-likeness (QED) is 0.591. The molecule has 0 aliphatic carbocycles. The number of hydrogen-bond donors (Lipinski definition) is 1. The van der Waals surface area contributed by atoms with E-state index in [0.717, 1.165) is 6.42 Å². The van der Waals surface area contributed by atoms with Gasteiger partial charge in [-0.1, -0.05) is 6.92 Å². The Kier molecular flexibility index (Phi) is 3.98. The van der Waals surface area contributed by atoms with Gasteiger partial charge in [0.2, 0.25) is 12.2 Å². The Hall–Kier alpha value is -1.92. The number of nitrogens with zero attached hydrogens (tertiary/aromatic N) is 3. The summed E-state index contributed by atoms with van der Waals surface area (Å²) in [6, 6.07) is 0.103. The van der Waals surface area contributed by atoms with Crippen LogP contribution in [-0.4, -0.2) is 26.4 Å². The molecule has 1 aromatic heterocycles. The lowest BCUT2D eigenvalue weighted by Crippen LogP contribution is -2.34. The predicted molar refractivity (Wildman–Crippen MR) is 56.8 cm³/mol. The van der Waals surface area contributed by atoms with E-state index >= 15 is 0 Å². The third-order valence-electron chi connectivity index (χ3n) is 2.15. The Morgan fingerprint density at radius 3 is 2.94 bits per heavy atom. The minimum atomic E-state index is -0.594. The number of imidazole rings is 1. The van der Waals surface area contributed by atoms with Crippen molar-refractivity contribution < 1.29 is 9.72 Å². The summed E-state index contributed by atoms with van der Waals surface area (Å²) in [6.45, 7) is 3.91. The number of hydrogen-bond acceptors (Lipinski definition) is 4. The number of aromatic nitrogens is 2. The Morgan fingerprint density at radius 2 is 2.44 bits per heavy atom. The third-order valence-corrected chi connectivity index (χ3v) is 2.15. The minimum absolute atomic E-state index is 0.0468. The summed E-state index contributed by atoms with van der Waals surface area (Å²) in [5.41, 5.74) is 0. The van der Waals surface area contributed by atoms with E-state index in [-0.39, 0.29) is 24.3 Å². The Balaban J connectivity index is 2.53. The van der Waals surface area contributed by atoms with Crippen molar-refractivity contribution in [3.63, 3.8) is 0 Å². The van der Waals surface area contributed by atoms with Crippen molar-refractivity contribution in [3.8, 4) is 0 Å². The van der Waals surface area contributed by atoms with Crippen molar-refractivity contribution in [3.05, 3.63) is 22.6 Å². The molecule has 7 heteroatoms. The largest absolute Gasteiger partial charge is 0.381 e. The highest BCUT2D eigenvalue weighted by molar-refractivity contribution is 5.76. The fraction of sp³-hybridized carbons (Fsp3) is 0.556. The molecule has 0 radical (unpaired) electrons. The fourth-order valence-electron chi connectivity index (χ4n) is 1.12. The van der Waals surface area contributed by atoms with Crippen molar-refractivity contribution in [2.45, 2.75) is 32.9 Å². The molecule has 0 aliphatic heterocycles. The topological polar surface area (TPSA) is 90.1 Å². The summed E-state index contributed by atoms with van der Waals surface area (Å²) in [6.07, 6.45) is 3.35. The van der Waals surface area contributed by atoms with Crippen molar-refractivity contribution >= 4 is 11.7 Å². The van der Waals surface area contributed by atoms with Crippen LogP contribution in [0.1, 0.15) is 20.3 Å². The maximum absolute atomic E-state index is 11.4. The number of carbonyl (C=O) groups is 1. The molecule has 1 heterocycles. The minimum Gasteiger partial charge on any atom is -0.358 e. The average molecular weight is 226 g/mol. The van der Waals surface area contributed by atoms with Crippen molar-refractivity contribution in [1.82, 2.24) is 14.9 Å². The monoisotopic (exact) mass is 226 g/mol. The summed E-state index contributed by atoms with van der Waals surface area (Å²) >= 11 is 0. The second-order valence-corrected chi connectivity index (χ2v) is 3.54. The van der Waals surface area contributed by atoms with Gasteiger partial charge < -0.3 is 20.0 Å². The molecule has 0 aliphatic rings. The third kappa shape index (κ3) is 3.34. The van der Waals surface area contributed by atoms with Gasteiger partial charge in [0.15, 0.2) is 0 Å². The van der Waals surface area contributed by atoms with Crippen LogP contribution >= 0.6 is 0 Å². The molecular weight excluding hydrogens is 212 g/mol. The lowest BCUT2D eigenvalue weighted by Gasteiger charge is -2.10. The first-order valence-corrected chi connectivity index (χ1v) is 4.98. The molecule has 0 spiro atoms. The molecular formula is C9H14N4O3. The van der Waals surface area contributed by atoms with Gasteiger partial charge in [-0.05, 0) is 23.3 Å². The van der Waals surface area contributed by atoms with Crippen LogP contribution < -0.4 is 5.32 Å². The maximum Gasteiger partial charge on any atom is 0.381 e. The molecule has 1 rings (SSSR count). The first kappa shape index (κ1) is 12.2. The molecule has 0 aromatic carbocycles. The van der Waals surface area contributed by atoms with E-state index in [1.54, 1.807) is 0 Å². The smallest absolute Gasteiger partial charge is 0.358 e. The van der Waals surface area contributed by atoms with Crippen LogP contribution in [-0.2, 0) is 11.3 Å². The molecule has 0 bridgehead atoms. The van der Waals surface area contributed by atoms with Crippen LogP contribution in [0.3, 0.4) is 0 Å². The zero-order valence-corrected chi connectivity index (χ0v) is 9.21. The summed E-state index contributed by atoms with van der Waals surface area (Å²) in [7, 11) is 0. The summed E-state index contributed by atoms with van der Waals surface area (Å²) < 4.78 is 1.38. The highest BCUT2D eigenvalue weighted by atomic mass is 16.6. The van der Waals surface area contributed by atoms with Gasteiger partial charge in [-0.15, -0.1) is 0 Å². The lowest BCUT2D eigenvalue weighted by atomic mass is 10.2. The van der Waals surface area contributed by atoms with Crippen molar-refractivity contribution in [1.29, 1.82) is 0 Å². The lowest BCUT2D eigenvalue weighted by molar-refractivity contribution is -0.389. The number of carbonyl (C=O) groups excluding carboxylic acids is 1. The van der Waals surface area contributed by atoms with Crippen LogP contribution in [0.4, 0.5) is 5.82 Å². The number of amides is 1. The molecule has 0 fully saturated rings. The van der Waals surface area contributed by atoms with Crippen molar-refractivity contribution in [2.75, 3.05) is 0 Å². The van der Waals surface area contributed by atoms with Crippen LogP contribution in [0.5, 0.6) is 0 Å². The second-order valence-electron chi connectivity index (χ2n) is 3.54. The maximum atomic E-state index is 11.4. The number of nitrogens with one attached hydrogen (secondary N) is 1. The molecule has 88 valence electrons. The zero-order chi connectivity index (χ0) is 12.1. The van der Waals surface area contributed by atoms with E-state index in [1.165, 1.54) is 17.1 Å². The van der Waals surface area contributed by atoms with Crippen molar-refractivity contribution in [2.24, 2.45) is 0 Å². The van der Waals surface area contributed by atoms with Gasteiger partial charge in [0.1, 0.15) is 12.7 Å². The summed E-state index contributed by atoms with van der Waals surface area (Å²) in [5, 5.41) is 13.1. The molecule has 1 aromatic rings. The second kappa shape index (κ2) is 5.24. The predicted octanol–water partition coefficient (Wildman–Crippen LogP) is 0.706. The Labute approximate surface area is 92.6 Å². The van der Waals surface area contributed by atoms with Gasteiger partial charge in [0.25, 0.3) is 0 Å². The SMILES string of the molecule is CCC(C)NC(=O)Cn1cnc([N+](=O)[O-])c1. The molecule has 0 saturated heterocycles. The summed E-state index contributed by atoms with van der Waals surface area (Å²) in [5.74, 6) is -0.432. The summed E-state index contributed by atoms with van der Waals surface area (Å²) in [4.78, 5) is 24.7. The van der Waals surface area contributed by atoms with Gasteiger partial charge >= 0.3 is 5.82 Å². The van der Waals surface area contributed by atoms with Gasteiger partial charge in [-0.2, -0.15) is 0 Å². The van der Waals surface area contributed by atoms with Crippen LogP contribution in [0.2, 0.25) is 0 Å². The first-order valence-electron chi connectivity index (χ1n) is 4.98. The molecule has 16 heavy (non-hydrogen) atoms. The van der Waals surface area contributed by atoms with Crippen LogP contribution in [0, 0.1) is 10.1 Å². The van der Waals surface area contributed by atoms with E-state index in [4.69, 9.17) is 0 Å². The van der Waals surface area contributed by atoms with Gasteiger partial charge in [0, 0.05) is 6.04 Å². The highest BCUT2D eigenvalue weighted by Gasteiger charge is 2.12. The highest BCUT2D eigenvalue weighted by Crippen LogP contribution is 2.05. The Bertz CT molecular complexity index is 388. The van der Waals surface area contributed by atoms with E-state index in [9.17, 15) is 14.9 Å². The molecule has 1 N–H and O–H groups in total. The number of nitro groups is 1. The van der Waals surface area contributed by atoms with Gasteiger partial charge in [0.05, 0.1) is 0 Å². The van der Waals surface area contributed by atoms with E-state index in [1.807, 2.05) is 13.8 Å². The normalized spacial score (nSPS) is 12.1. The van der Waals surface area contributed by atoms with E-state index in [2.05, 4.69) is 10.3 Å². The molecule has 1 unspecified atom stereocenters. The molecule has 1 atom stereocenters. The molecule has 0 saturated carbocycles. The number of rotatable bonds is 5. The molecule has 1 amide bonds. The van der Waals surface area contributed by atoms with Crippen LogP contribution in [0.25, 0.3) is 0 Å². The Morgan fingerprint density at radius 1 is 1.75 bits per heavy atom. The first-order chi connectivity index (χ1) is 7.52. The van der Waals surface area contributed by atoms with Gasteiger partial charge in [-0.3, -0.25) is 4.79 Å². The fourth-order valence-corrected chi connectivity index (χ4v) is 1.12. The average Bonchev–Trinajstić information content (AvgIpc) is 2.65. The van der Waals surface area contributed by atoms with Gasteiger partial charge in [-0.25, -0.2) is 0 Å². The standard InChI is InChI=1S/C9H14N4O3/c1-3-7(2)11-9(14)5-12-4-8(10-6-12)13(15)16/h4,6-7H,3,5H2,1-2H3,(H,11,14). The van der Waals surface area contributed by atoms with E-state index in [0.29, 0.717) is 0 Å². The van der Waals surface area contributed by atoms with Crippen LogP contribution in [0.15, 0.2) is 12.5 Å². The zero-order valence-electron chi connectivity index (χ0n) is 9.21. The molecule has 7 nitrogen and oxygen atoms in total. The van der Waals surface area contributed by atoms with E-state index < -0.39 is 4.92 Å².